The summed E-state index contributed by atoms with van der Waals surface area (Å²) in [5, 5.41) is 13.7. The van der Waals surface area contributed by atoms with Gasteiger partial charge in [0.25, 0.3) is 0 Å². The van der Waals surface area contributed by atoms with Gasteiger partial charge in [-0.1, -0.05) is 19.3 Å². The average Bonchev–Trinajstić information content (AvgIpc) is 3.53. The van der Waals surface area contributed by atoms with Gasteiger partial charge in [0.1, 0.15) is 11.4 Å². The Hall–Kier alpha value is -3.15. The van der Waals surface area contributed by atoms with Crippen LogP contribution in [-0.2, 0) is 0 Å². The number of carboxylic acids is 1. The summed E-state index contributed by atoms with van der Waals surface area (Å²) in [5.74, 6) is 0.0830. The van der Waals surface area contributed by atoms with Crippen molar-refractivity contribution < 1.29 is 14.7 Å². The zero-order valence-electron chi connectivity index (χ0n) is 16.8. The van der Waals surface area contributed by atoms with Crippen molar-refractivity contribution in [1.82, 2.24) is 9.55 Å². The molecular weight excluding hydrogens is 378 g/mol. The summed E-state index contributed by atoms with van der Waals surface area (Å²) >= 11 is 0. The molecule has 2 N–H and O–H groups in total. The summed E-state index contributed by atoms with van der Waals surface area (Å²) < 4.78 is 1.76. The minimum absolute atomic E-state index is 0.111. The summed E-state index contributed by atoms with van der Waals surface area (Å²) in [5.41, 5.74) is 2.81. The van der Waals surface area contributed by atoms with Crippen LogP contribution in [0, 0.1) is 5.92 Å². The molecule has 0 aliphatic heterocycles. The van der Waals surface area contributed by atoms with Gasteiger partial charge in [-0.25, -0.2) is 9.78 Å². The lowest BCUT2D eigenvalue weighted by Gasteiger charge is -2.20. The molecule has 2 aliphatic carbocycles. The summed E-state index contributed by atoms with van der Waals surface area (Å²) in [6.07, 6.45) is 11.2. The van der Waals surface area contributed by atoms with Gasteiger partial charge in [-0.2, -0.15) is 0 Å². The molecule has 0 bridgehead atoms. The van der Waals surface area contributed by atoms with Crippen LogP contribution in [-0.4, -0.2) is 26.5 Å². The van der Waals surface area contributed by atoms with Crippen LogP contribution in [0.15, 0.2) is 42.7 Å². The number of anilines is 2. The molecule has 6 nitrogen and oxygen atoms in total. The number of rotatable bonds is 5. The molecule has 5 rings (SSSR count). The van der Waals surface area contributed by atoms with Gasteiger partial charge in [0.2, 0.25) is 5.91 Å². The third-order valence-corrected chi connectivity index (χ3v) is 6.33. The second-order valence-corrected chi connectivity index (χ2v) is 8.50. The van der Waals surface area contributed by atoms with Crippen LogP contribution in [0.25, 0.3) is 10.9 Å². The molecule has 154 valence electrons. The number of carboxylic acid groups (broad SMARTS) is 1. The van der Waals surface area contributed by atoms with Crippen LogP contribution in [0.5, 0.6) is 0 Å². The van der Waals surface area contributed by atoms with E-state index in [1.807, 2.05) is 30.5 Å². The second kappa shape index (κ2) is 7.59. The topological polar surface area (TPSA) is 84.2 Å². The highest BCUT2D eigenvalue weighted by molar-refractivity contribution is 5.97. The zero-order chi connectivity index (χ0) is 20.7. The molecule has 1 aromatic carbocycles. The first-order chi connectivity index (χ1) is 14.6. The molecule has 0 saturated heterocycles. The number of nitrogens with one attached hydrogen (secondary N) is 1. The largest absolute Gasteiger partial charge is 0.478 e. The van der Waals surface area contributed by atoms with E-state index in [4.69, 9.17) is 0 Å². The molecule has 6 heteroatoms. The van der Waals surface area contributed by atoms with Crippen LogP contribution >= 0.6 is 0 Å². The Kier molecular flexibility index (Phi) is 4.77. The Bertz CT molecular complexity index is 1120. The summed E-state index contributed by atoms with van der Waals surface area (Å²) in [6, 6.07) is 9.38. The highest BCUT2D eigenvalue weighted by Gasteiger charge is 2.26. The van der Waals surface area contributed by atoms with Crippen molar-refractivity contribution in [1.29, 1.82) is 0 Å². The monoisotopic (exact) mass is 403 g/mol. The van der Waals surface area contributed by atoms with E-state index in [0.29, 0.717) is 11.7 Å². The zero-order valence-corrected chi connectivity index (χ0v) is 16.8. The summed E-state index contributed by atoms with van der Waals surface area (Å²) in [7, 11) is 0. The van der Waals surface area contributed by atoms with E-state index >= 15 is 0 Å². The Balaban J connectivity index is 1.41. The third-order valence-electron chi connectivity index (χ3n) is 6.33. The van der Waals surface area contributed by atoms with Crippen molar-refractivity contribution in [2.24, 2.45) is 5.92 Å². The van der Waals surface area contributed by atoms with Crippen molar-refractivity contribution >= 4 is 34.3 Å². The molecule has 2 heterocycles. The number of carbonyl (C=O) groups excluding carboxylic acids is 1. The van der Waals surface area contributed by atoms with Gasteiger partial charge in [0.05, 0.1) is 5.52 Å². The highest BCUT2D eigenvalue weighted by atomic mass is 16.4. The molecule has 0 radical (unpaired) electrons. The Morgan fingerprint density at radius 1 is 1.03 bits per heavy atom. The molecule has 2 saturated carbocycles. The molecule has 3 aromatic rings. The van der Waals surface area contributed by atoms with Crippen molar-refractivity contribution in [2.45, 2.75) is 50.9 Å². The average molecular weight is 403 g/mol. The predicted molar refractivity (Wildman–Crippen MR) is 116 cm³/mol. The van der Waals surface area contributed by atoms with Gasteiger partial charge in [0.15, 0.2) is 0 Å². The van der Waals surface area contributed by atoms with Crippen LogP contribution in [0.4, 0.5) is 11.5 Å². The smallest absolute Gasteiger partial charge is 0.339 e. The number of carbonyl (C=O) groups is 2. The fourth-order valence-corrected chi connectivity index (χ4v) is 4.48. The molecule has 0 amide bonds. The molecule has 30 heavy (non-hydrogen) atoms. The normalized spacial score (nSPS) is 17.2. The van der Waals surface area contributed by atoms with Gasteiger partial charge in [0, 0.05) is 29.4 Å². The lowest BCUT2D eigenvalue weighted by molar-refractivity contribution is 0.0696. The Morgan fingerprint density at radius 2 is 1.83 bits per heavy atom. The van der Waals surface area contributed by atoms with Gasteiger partial charge in [-0.3, -0.25) is 9.36 Å². The quantitative estimate of drug-likeness (QED) is 0.581. The van der Waals surface area contributed by atoms with Crippen LogP contribution in [0.3, 0.4) is 0 Å². The molecule has 2 aliphatic rings. The van der Waals surface area contributed by atoms with Gasteiger partial charge < -0.3 is 10.4 Å². The van der Waals surface area contributed by atoms with E-state index in [2.05, 4.69) is 10.3 Å². The van der Waals surface area contributed by atoms with E-state index in [9.17, 15) is 14.7 Å². The number of nitrogens with zero attached hydrogens (tertiary/aromatic N) is 2. The standard InChI is InChI=1S/C24H25N3O3/c28-23(16-4-2-1-3-5-16)27-11-10-17-12-19(8-9-21(17)27)26-22-20(24(29)30)13-18(14-25-22)15-6-7-15/h8-16H,1-7H2,(H,25,26)(H,29,30). The van der Waals surface area contributed by atoms with E-state index in [1.54, 1.807) is 16.8 Å². The number of aromatic carboxylic acids is 1. The van der Waals surface area contributed by atoms with Gasteiger partial charge in [-0.15, -0.1) is 0 Å². The van der Waals surface area contributed by atoms with Crippen LogP contribution in [0.2, 0.25) is 0 Å². The fraction of sp³-hybridized carbons (Fsp3) is 0.375. The minimum atomic E-state index is -0.988. The summed E-state index contributed by atoms with van der Waals surface area (Å²) in [4.78, 5) is 29.0. The number of fused-ring (bicyclic) bond motifs is 1. The number of aromatic nitrogens is 2. The summed E-state index contributed by atoms with van der Waals surface area (Å²) in [6.45, 7) is 0. The van der Waals surface area contributed by atoms with E-state index < -0.39 is 5.97 Å². The second-order valence-electron chi connectivity index (χ2n) is 8.50. The van der Waals surface area contributed by atoms with Crippen LogP contribution in [0.1, 0.15) is 71.6 Å². The van der Waals surface area contributed by atoms with Gasteiger partial charge >= 0.3 is 5.97 Å². The maximum atomic E-state index is 12.9. The predicted octanol–water partition coefficient (Wildman–Crippen LogP) is 5.58. The Morgan fingerprint density at radius 3 is 2.57 bits per heavy atom. The SMILES string of the molecule is O=C(O)c1cc(C2CC2)cnc1Nc1ccc2c(ccn2C(=O)C2CCCCC2)c1. The third kappa shape index (κ3) is 3.58. The van der Waals surface area contributed by atoms with Gasteiger partial charge in [-0.05, 0) is 67.5 Å². The van der Waals surface area contributed by atoms with E-state index in [-0.39, 0.29) is 17.4 Å². The molecule has 0 unspecified atom stereocenters. The van der Waals surface area contributed by atoms with Crippen molar-refractivity contribution in [2.75, 3.05) is 5.32 Å². The molecule has 2 aromatic heterocycles. The minimum Gasteiger partial charge on any atom is -0.478 e. The Labute approximate surface area is 174 Å². The number of benzene rings is 1. The van der Waals surface area contributed by atoms with Crippen molar-refractivity contribution in [3.05, 3.63) is 53.9 Å². The number of pyridine rings is 1. The molecular formula is C24H25N3O3. The lowest BCUT2D eigenvalue weighted by atomic mass is 9.88. The number of hydrogen-bond donors (Lipinski definition) is 2. The first-order valence-corrected chi connectivity index (χ1v) is 10.8. The van der Waals surface area contributed by atoms with Crippen molar-refractivity contribution in [3.63, 3.8) is 0 Å². The number of hydrogen-bond acceptors (Lipinski definition) is 4. The van der Waals surface area contributed by atoms with Crippen LogP contribution < -0.4 is 5.32 Å². The highest BCUT2D eigenvalue weighted by Crippen LogP contribution is 2.40. The van der Waals surface area contributed by atoms with Crippen molar-refractivity contribution in [3.8, 4) is 0 Å². The lowest BCUT2D eigenvalue weighted by Crippen LogP contribution is -2.23. The first-order valence-electron chi connectivity index (χ1n) is 10.8. The molecule has 2 fully saturated rings. The van der Waals surface area contributed by atoms with E-state index in [0.717, 1.165) is 60.7 Å². The first kappa shape index (κ1) is 18.9. The maximum Gasteiger partial charge on any atom is 0.339 e. The molecule has 0 spiro atoms. The fourth-order valence-electron chi connectivity index (χ4n) is 4.48. The molecule has 0 atom stereocenters. The van der Waals surface area contributed by atoms with E-state index in [1.165, 1.54) is 6.42 Å². The maximum absolute atomic E-state index is 12.9.